The van der Waals surface area contributed by atoms with E-state index in [-0.39, 0.29) is 0 Å². The second kappa shape index (κ2) is 9.08. The lowest BCUT2D eigenvalue weighted by Gasteiger charge is -2.05. The smallest absolute Gasteiger partial charge is 0.159 e. The molecule has 0 atom stereocenters. The predicted octanol–water partition coefficient (Wildman–Crippen LogP) is 5.48. The van der Waals surface area contributed by atoms with Crippen molar-refractivity contribution in [2.75, 3.05) is 0 Å². The Morgan fingerprint density at radius 3 is 2.46 bits per heavy atom. The highest BCUT2D eigenvalue weighted by Crippen LogP contribution is 2.27. The quantitative estimate of drug-likeness (QED) is 0.640. The molecule has 0 fully saturated rings. The van der Waals surface area contributed by atoms with Gasteiger partial charge >= 0.3 is 0 Å². The molecule has 0 amide bonds. The molecule has 1 N–H and O–H groups in total. The highest BCUT2D eigenvalue weighted by atomic mass is 32.2. The number of phenolic OH excluding ortho intramolecular Hbond substituents is 1. The van der Waals surface area contributed by atoms with Crippen LogP contribution in [0, 0.1) is 6.92 Å². The molecule has 2 aromatic carbocycles. The predicted molar refractivity (Wildman–Crippen MR) is 101 cm³/mol. The van der Waals surface area contributed by atoms with Crippen LogP contribution < -0.4 is 0 Å². The van der Waals surface area contributed by atoms with Crippen LogP contribution in [-0.2, 0) is 5.75 Å². The van der Waals surface area contributed by atoms with Crippen molar-refractivity contribution < 1.29 is 5.11 Å². The molecule has 0 saturated heterocycles. The van der Waals surface area contributed by atoms with Gasteiger partial charge in [0, 0.05) is 22.4 Å². The molecule has 0 unspecified atom stereocenters. The summed E-state index contributed by atoms with van der Waals surface area (Å²) in [6.45, 7) is 5.90. The Kier molecular flexibility index (Phi) is 6.82. The molecule has 24 heavy (non-hydrogen) atoms. The van der Waals surface area contributed by atoms with Crippen LogP contribution in [0.25, 0.3) is 11.4 Å². The summed E-state index contributed by atoms with van der Waals surface area (Å²) in [5, 5.41) is 9.56. The van der Waals surface area contributed by atoms with E-state index in [1.54, 1.807) is 24.0 Å². The number of nitrogens with zero attached hydrogens (tertiary/aromatic N) is 2. The zero-order chi connectivity index (χ0) is 17.4. The third-order valence-corrected chi connectivity index (χ3v) is 4.33. The van der Waals surface area contributed by atoms with Gasteiger partial charge in [0.15, 0.2) is 5.82 Å². The van der Waals surface area contributed by atoms with Crippen molar-refractivity contribution in [3.63, 3.8) is 0 Å². The molecule has 124 valence electrons. The normalized spacial score (nSPS) is 9.96. The van der Waals surface area contributed by atoms with Crippen LogP contribution in [-0.4, -0.2) is 15.1 Å². The lowest BCUT2D eigenvalue weighted by molar-refractivity contribution is 0.470. The maximum atomic E-state index is 9.56. The topological polar surface area (TPSA) is 46.0 Å². The summed E-state index contributed by atoms with van der Waals surface area (Å²) in [6.07, 6.45) is 1.80. The second-order valence-electron chi connectivity index (χ2n) is 4.97. The zero-order valence-electron chi connectivity index (χ0n) is 14.2. The molecule has 4 heteroatoms. The lowest BCUT2D eigenvalue weighted by Crippen LogP contribution is -1.93. The fourth-order valence-corrected chi connectivity index (χ4v) is 2.98. The van der Waals surface area contributed by atoms with Gasteiger partial charge in [0.2, 0.25) is 0 Å². The summed E-state index contributed by atoms with van der Waals surface area (Å²) in [4.78, 5) is 10.1. The van der Waals surface area contributed by atoms with E-state index in [4.69, 9.17) is 0 Å². The SMILES string of the molecule is CC.Cc1cc(SCc2ccnc(-c3ccccc3)n2)ccc1O. The van der Waals surface area contributed by atoms with Crippen molar-refractivity contribution in [3.8, 4) is 17.1 Å². The van der Waals surface area contributed by atoms with Crippen LogP contribution in [0.4, 0.5) is 0 Å². The van der Waals surface area contributed by atoms with Gasteiger partial charge in [0.1, 0.15) is 5.75 Å². The Bertz CT molecular complexity index is 776. The molecular weight excluding hydrogens is 316 g/mol. The van der Waals surface area contributed by atoms with E-state index in [0.717, 1.165) is 33.3 Å². The average Bonchev–Trinajstić information content (AvgIpc) is 2.65. The summed E-state index contributed by atoms with van der Waals surface area (Å²) in [5.41, 5.74) is 2.90. The molecule has 0 spiro atoms. The van der Waals surface area contributed by atoms with Crippen molar-refractivity contribution in [1.29, 1.82) is 0 Å². The van der Waals surface area contributed by atoms with Crippen LogP contribution >= 0.6 is 11.8 Å². The van der Waals surface area contributed by atoms with Gasteiger partial charge < -0.3 is 5.11 Å². The summed E-state index contributed by atoms with van der Waals surface area (Å²) in [7, 11) is 0. The van der Waals surface area contributed by atoms with E-state index < -0.39 is 0 Å². The van der Waals surface area contributed by atoms with Gasteiger partial charge in [0.25, 0.3) is 0 Å². The summed E-state index contributed by atoms with van der Waals surface area (Å²) in [5.74, 6) is 1.85. The fraction of sp³-hybridized carbons (Fsp3) is 0.200. The van der Waals surface area contributed by atoms with Crippen molar-refractivity contribution in [1.82, 2.24) is 9.97 Å². The molecule has 0 radical (unpaired) electrons. The molecule has 0 aliphatic rings. The van der Waals surface area contributed by atoms with E-state index in [0.29, 0.717) is 5.75 Å². The largest absolute Gasteiger partial charge is 0.508 e. The first-order chi connectivity index (χ1) is 11.7. The van der Waals surface area contributed by atoms with E-state index in [2.05, 4.69) is 9.97 Å². The minimum Gasteiger partial charge on any atom is -0.508 e. The van der Waals surface area contributed by atoms with Crippen molar-refractivity contribution in [2.24, 2.45) is 0 Å². The molecule has 1 aromatic heterocycles. The first-order valence-corrected chi connectivity index (χ1v) is 9.01. The van der Waals surface area contributed by atoms with Crippen LogP contribution in [0.15, 0.2) is 65.7 Å². The number of aryl methyl sites for hydroxylation is 1. The number of phenols is 1. The van der Waals surface area contributed by atoms with E-state index in [1.165, 1.54) is 0 Å². The number of aromatic nitrogens is 2. The molecule has 0 aliphatic carbocycles. The van der Waals surface area contributed by atoms with Crippen LogP contribution in [0.5, 0.6) is 5.75 Å². The lowest BCUT2D eigenvalue weighted by atomic mass is 10.2. The average molecular weight is 338 g/mol. The first-order valence-electron chi connectivity index (χ1n) is 8.02. The van der Waals surface area contributed by atoms with Gasteiger partial charge in [0.05, 0.1) is 5.69 Å². The molecule has 3 rings (SSSR count). The maximum absolute atomic E-state index is 9.56. The molecule has 0 aliphatic heterocycles. The molecule has 0 saturated carbocycles. The Morgan fingerprint density at radius 1 is 1.00 bits per heavy atom. The Balaban J connectivity index is 0.00000100. The molecular formula is C20H22N2OS. The number of hydrogen-bond donors (Lipinski definition) is 1. The number of hydrogen-bond acceptors (Lipinski definition) is 4. The van der Waals surface area contributed by atoms with Gasteiger partial charge in [-0.2, -0.15) is 0 Å². The second-order valence-corrected chi connectivity index (χ2v) is 6.02. The summed E-state index contributed by atoms with van der Waals surface area (Å²) in [6, 6.07) is 17.5. The molecule has 1 heterocycles. The standard InChI is InChI=1S/C18H16N2OS.C2H6/c1-13-11-16(7-8-17(13)21)22-12-15-9-10-19-18(20-15)14-5-3-2-4-6-14;1-2/h2-11,21H,12H2,1H3;1-2H3. The number of benzene rings is 2. The van der Waals surface area contributed by atoms with Crippen LogP contribution in [0.2, 0.25) is 0 Å². The molecule has 3 nitrogen and oxygen atoms in total. The highest BCUT2D eigenvalue weighted by molar-refractivity contribution is 7.98. The van der Waals surface area contributed by atoms with Crippen molar-refractivity contribution in [3.05, 3.63) is 72.1 Å². The van der Waals surface area contributed by atoms with Gasteiger partial charge in [-0.1, -0.05) is 44.2 Å². The maximum Gasteiger partial charge on any atom is 0.159 e. The fourth-order valence-electron chi connectivity index (χ4n) is 2.08. The summed E-state index contributed by atoms with van der Waals surface area (Å²) >= 11 is 1.70. The first kappa shape index (κ1) is 18.0. The van der Waals surface area contributed by atoms with Gasteiger partial charge in [-0.15, -0.1) is 11.8 Å². The van der Waals surface area contributed by atoms with Crippen molar-refractivity contribution in [2.45, 2.75) is 31.4 Å². The third kappa shape index (κ3) is 4.83. The van der Waals surface area contributed by atoms with E-state index >= 15 is 0 Å². The van der Waals surface area contributed by atoms with Gasteiger partial charge in [-0.3, -0.25) is 0 Å². The zero-order valence-corrected chi connectivity index (χ0v) is 15.0. The van der Waals surface area contributed by atoms with Crippen molar-refractivity contribution >= 4 is 11.8 Å². The molecule has 3 aromatic rings. The van der Waals surface area contributed by atoms with Crippen LogP contribution in [0.3, 0.4) is 0 Å². The monoisotopic (exact) mass is 338 g/mol. The van der Waals surface area contributed by atoms with Gasteiger partial charge in [-0.25, -0.2) is 9.97 Å². The Labute approximate surface area is 147 Å². The van der Waals surface area contributed by atoms with E-state index in [9.17, 15) is 5.11 Å². The molecule has 0 bridgehead atoms. The number of aromatic hydroxyl groups is 1. The Morgan fingerprint density at radius 2 is 1.75 bits per heavy atom. The van der Waals surface area contributed by atoms with Crippen LogP contribution in [0.1, 0.15) is 25.1 Å². The minimum atomic E-state index is 0.331. The minimum absolute atomic E-state index is 0.331. The highest BCUT2D eigenvalue weighted by Gasteiger charge is 2.04. The van der Waals surface area contributed by atoms with E-state index in [1.807, 2.05) is 69.3 Å². The Hall–Kier alpha value is -2.33. The number of thioether (sulfide) groups is 1. The number of rotatable bonds is 4. The summed E-state index contributed by atoms with van der Waals surface area (Å²) < 4.78 is 0. The van der Waals surface area contributed by atoms with Gasteiger partial charge in [-0.05, 0) is 36.8 Å². The third-order valence-electron chi connectivity index (χ3n) is 3.30.